The van der Waals surface area contributed by atoms with Crippen LogP contribution in [0.5, 0.6) is 0 Å². The van der Waals surface area contributed by atoms with E-state index in [1.54, 1.807) is 0 Å². The summed E-state index contributed by atoms with van der Waals surface area (Å²) < 4.78 is 5.57. The summed E-state index contributed by atoms with van der Waals surface area (Å²) >= 11 is 0. The molecule has 0 aromatic heterocycles. The summed E-state index contributed by atoms with van der Waals surface area (Å²) in [5.74, 6) is 0.211. The fraction of sp³-hybridized carbons (Fsp3) is 0.962. The first-order valence-corrected chi connectivity index (χ1v) is 12.9. The molecule has 0 fully saturated rings. The zero-order chi connectivity index (χ0) is 20.7. The van der Waals surface area contributed by atoms with Crippen LogP contribution in [-0.2, 0) is 9.53 Å². The first-order valence-electron chi connectivity index (χ1n) is 12.9. The van der Waals surface area contributed by atoms with E-state index in [-0.39, 0.29) is 11.9 Å². The van der Waals surface area contributed by atoms with Crippen molar-refractivity contribution in [3.8, 4) is 0 Å². The Kier molecular flexibility index (Phi) is 22.3. The summed E-state index contributed by atoms with van der Waals surface area (Å²) in [6.45, 7) is 7.30. The zero-order valence-corrected chi connectivity index (χ0v) is 19.7. The van der Waals surface area contributed by atoms with Gasteiger partial charge in [0.2, 0.25) is 0 Å². The zero-order valence-electron chi connectivity index (χ0n) is 19.7. The van der Waals surface area contributed by atoms with Crippen LogP contribution in [0.3, 0.4) is 0 Å². The highest BCUT2D eigenvalue weighted by Crippen LogP contribution is 2.18. The summed E-state index contributed by atoms with van der Waals surface area (Å²) in [7, 11) is 0. The van der Waals surface area contributed by atoms with E-state index < -0.39 is 0 Å². The van der Waals surface area contributed by atoms with Gasteiger partial charge in [-0.15, -0.1) is 0 Å². The Labute approximate surface area is 177 Å². The number of unbranched alkanes of at least 4 members (excludes halogenated alkanes) is 15. The molecule has 0 saturated heterocycles. The summed E-state index contributed by atoms with van der Waals surface area (Å²) in [6.07, 6.45) is 25.7. The van der Waals surface area contributed by atoms with Crippen molar-refractivity contribution in [1.29, 1.82) is 0 Å². The average molecular weight is 397 g/mol. The van der Waals surface area contributed by atoms with Gasteiger partial charge in [0.05, 0.1) is 12.5 Å². The molecule has 0 saturated carbocycles. The molecule has 168 valence electrons. The van der Waals surface area contributed by atoms with Crippen LogP contribution < -0.4 is 0 Å². The van der Waals surface area contributed by atoms with Crippen LogP contribution >= 0.6 is 0 Å². The van der Waals surface area contributed by atoms with Gasteiger partial charge in [0.1, 0.15) is 0 Å². The molecule has 0 heterocycles. The van der Waals surface area contributed by atoms with E-state index >= 15 is 0 Å². The Morgan fingerprint density at radius 1 is 0.536 bits per heavy atom. The molecule has 0 atom stereocenters. The Bertz CT molecular complexity index is 306. The number of carbonyl (C=O) groups excluding carboxylic acids is 1. The lowest BCUT2D eigenvalue weighted by atomic mass is 9.96. The first kappa shape index (κ1) is 27.5. The summed E-state index contributed by atoms with van der Waals surface area (Å²) in [6, 6.07) is 0. The third-order valence-electron chi connectivity index (χ3n) is 5.89. The normalized spacial score (nSPS) is 11.3. The Hall–Kier alpha value is -0.530. The lowest BCUT2D eigenvalue weighted by Gasteiger charge is -2.15. The molecular weight excluding hydrogens is 344 g/mol. The van der Waals surface area contributed by atoms with Crippen LogP contribution in [0.15, 0.2) is 0 Å². The minimum Gasteiger partial charge on any atom is -0.465 e. The monoisotopic (exact) mass is 396 g/mol. The topological polar surface area (TPSA) is 26.3 Å². The van der Waals surface area contributed by atoms with Crippen molar-refractivity contribution in [2.75, 3.05) is 6.61 Å². The molecule has 0 aliphatic carbocycles. The van der Waals surface area contributed by atoms with E-state index in [1.165, 1.54) is 83.5 Å². The van der Waals surface area contributed by atoms with Crippen LogP contribution in [0.25, 0.3) is 0 Å². The molecule has 0 N–H and O–H groups in total. The average Bonchev–Trinajstić information content (AvgIpc) is 2.70. The Morgan fingerprint density at radius 3 is 1.29 bits per heavy atom. The molecular formula is C26H52O2. The van der Waals surface area contributed by atoms with Gasteiger partial charge in [-0.1, -0.05) is 130 Å². The second-order valence-electron chi connectivity index (χ2n) is 8.75. The molecule has 2 heteroatoms. The maximum atomic E-state index is 12.3. The third kappa shape index (κ3) is 18.8. The quantitative estimate of drug-likeness (QED) is 0.135. The van der Waals surface area contributed by atoms with E-state index in [9.17, 15) is 4.79 Å². The van der Waals surface area contributed by atoms with Crippen LogP contribution in [0.2, 0.25) is 0 Å². The maximum absolute atomic E-state index is 12.3. The Balaban J connectivity index is 3.42. The van der Waals surface area contributed by atoms with Crippen molar-refractivity contribution in [2.24, 2.45) is 5.92 Å². The van der Waals surface area contributed by atoms with Crippen LogP contribution in [0, 0.1) is 5.92 Å². The second-order valence-corrected chi connectivity index (χ2v) is 8.75. The number of hydrogen-bond acceptors (Lipinski definition) is 2. The number of hydrogen-bond donors (Lipinski definition) is 0. The van der Waals surface area contributed by atoms with Gasteiger partial charge < -0.3 is 4.74 Å². The summed E-state index contributed by atoms with van der Waals surface area (Å²) in [5.41, 5.74) is 0. The van der Waals surface area contributed by atoms with Gasteiger partial charge in [0.15, 0.2) is 0 Å². The molecule has 2 nitrogen and oxygen atoms in total. The Morgan fingerprint density at radius 2 is 0.893 bits per heavy atom. The molecule has 0 radical (unpaired) electrons. The van der Waals surface area contributed by atoms with Crippen LogP contribution in [0.4, 0.5) is 0 Å². The van der Waals surface area contributed by atoms with E-state index in [1.807, 2.05) is 0 Å². The highest BCUT2D eigenvalue weighted by molar-refractivity contribution is 5.72. The lowest BCUT2D eigenvalue weighted by Crippen LogP contribution is -2.18. The van der Waals surface area contributed by atoms with Crippen molar-refractivity contribution >= 4 is 5.97 Å². The van der Waals surface area contributed by atoms with E-state index in [2.05, 4.69) is 20.8 Å². The molecule has 0 bridgehead atoms. The molecule has 0 rings (SSSR count). The summed E-state index contributed by atoms with van der Waals surface area (Å²) in [4.78, 5) is 12.3. The molecule has 0 amide bonds. The summed E-state index contributed by atoms with van der Waals surface area (Å²) in [5, 5.41) is 0. The largest absolute Gasteiger partial charge is 0.465 e. The van der Waals surface area contributed by atoms with Gasteiger partial charge in [-0.2, -0.15) is 0 Å². The molecule has 0 aromatic carbocycles. The van der Waals surface area contributed by atoms with Gasteiger partial charge >= 0.3 is 5.97 Å². The van der Waals surface area contributed by atoms with Gasteiger partial charge in [0.25, 0.3) is 0 Å². The maximum Gasteiger partial charge on any atom is 0.308 e. The molecule has 0 aliphatic rings. The van der Waals surface area contributed by atoms with Crippen molar-refractivity contribution < 1.29 is 9.53 Å². The van der Waals surface area contributed by atoms with Crippen molar-refractivity contribution in [2.45, 2.75) is 149 Å². The van der Waals surface area contributed by atoms with E-state index in [0.717, 1.165) is 44.9 Å². The number of rotatable bonds is 22. The van der Waals surface area contributed by atoms with Gasteiger partial charge in [0, 0.05) is 0 Å². The van der Waals surface area contributed by atoms with Crippen molar-refractivity contribution in [3.63, 3.8) is 0 Å². The van der Waals surface area contributed by atoms with Gasteiger partial charge in [-0.05, 0) is 19.3 Å². The molecule has 0 unspecified atom stereocenters. The first-order chi connectivity index (χ1) is 13.8. The number of ether oxygens (including phenoxy) is 1. The van der Waals surface area contributed by atoms with Crippen molar-refractivity contribution in [3.05, 3.63) is 0 Å². The predicted octanol–water partition coefficient (Wildman–Crippen LogP) is 9.01. The SMILES string of the molecule is CCCCCCCCCCCCCCCCOC(=O)C(CCCC)CCCC. The van der Waals surface area contributed by atoms with Gasteiger partial charge in [-0.3, -0.25) is 4.79 Å². The van der Waals surface area contributed by atoms with Crippen LogP contribution in [0.1, 0.15) is 149 Å². The standard InChI is InChI=1S/C26H52O2/c1-4-7-10-11-12-13-14-15-16-17-18-19-20-21-24-28-26(27)25(22-8-5-2)23-9-6-3/h25H,4-24H2,1-3H3. The number of esters is 1. The van der Waals surface area contributed by atoms with Crippen LogP contribution in [-0.4, -0.2) is 12.6 Å². The highest BCUT2D eigenvalue weighted by Gasteiger charge is 2.18. The van der Waals surface area contributed by atoms with Crippen molar-refractivity contribution in [1.82, 2.24) is 0 Å². The predicted molar refractivity (Wildman–Crippen MR) is 124 cm³/mol. The van der Waals surface area contributed by atoms with E-state index in [4.69, 9.17) is 4.74 Å². The minimum atomic E-state index is 0.0663. The minimum absolute atomic E-state index is 0.0663. The third-order valence-corrected chi connectivity index (χ3v) is 5.89. The van der Waals surface area contributed by atoms with E-state index in [0.29, 0.717) is 6.61 Å². The molecule has 0 spiro atoms. The fourth-order valence-corrected chi connectivity index (χ4v) is 3.87. The smallest absolute Gasteiger partial charge is 0.308 e. The molecule has 28 heavy (non-hydrogen) atoms. The number of carbonyl (C=O) groups is 1. The molecule has 0 aliphatic heterocycles. The van der Waals surface area contributed by atoms with Gasteiger partial charge in [-0.25, -0.2) is 0 Å². The lowest BCUT2D eigenvalue weighted by molar-refractivity contribution is -0.149. The fourth-order valence-electron chi connectivity index (χ4n) is 3.87. The highest BCUT2D eigenvalue weighted by atomic mass is 16.5. The second kappa shape index (κ2) is 22.8. The molecule has 0 aromatic rings.